The quantitative estimate of drug-likeness (QED) is 0.755. The van der Waals surface area contributed by atoms with Crippen LogP contribution in [0.1, 0.15) is 26.7 Å². The van der Waals surface area contributed by atoms with E-state index in [9.17, 15) is 8.78 Å². The average Bonchev–Trinajstić information content (AvgIpc) is 2.21. The Kier molecular flexibility index (Phi) is 3.88. The van der Waals surface area contributed by atoms with E-state index in [2.05, 4.69) is 5.32 Å². The van der Waals surface area contributed by atoms with E-state index in [1.54, 1.807) is 0 Å². The van der Waals surface area contributed by atoms with Crippen LogP contribution in [0.5, 0.6) is 0 Å². The van der Waals surface area contributed by atoms with Crippen molar-refractivity contribution in [2.75, 3.05) is 11.1 Å². The largest absolute Gasteiger partial charge is 0.396 e. The summed E-state index contributed by atoms with van der Waals surface area (Å²) >= 11 is 0. The molecule has 0 bridgehead atoms. The van der Waals surface area contributed by atoms with Crippen molar-refractivity contribution in [3.8, 4) is 0 Å². The first-order valence-electron chi connectivity index (χ1n) is 5.09. The van der Waals surface area contributed by atoms with Crippen molar-refractivity contribution in [2.24, 2.45) is 0 Å². The molecule has 0 unspecified atom stereocenters. The third-order valence-corrected chi connectivity index (χ3v) is 2.43. The minimum atomic E-state index is -0.720. The molecule has 0 fully saturated rings. The first kappa shape index (κ1) is 11.8. The molecule has 2 nitrogen and oxygen atoms in total. The lowest BCUT2D eigenvalue weighted by atomic mass is 10.1. The van der Waals surface area contributed by atoms with Crippen LogP contribution in [0, 0.1) is 11.6 Å². The predicted molar refractivity (Wildman–Crippen MR) is 58.8 cm³/mol. The fourth-order valence-electron chi connectivity index (χ4n) is 1.39. The molecule has 3 N–H and O–H groups in total. The standard InChI is InChI=1S/C11H16F2N2/c1-3-7(4-2)15-11-6-10(14)8(12)5-9(11)13/h5-7,15H,3-4,14H2,1-2H3. The van der Waals surface area contributed by atoms with Gasteiger partial charge in [0.1, 0.15) is 11.6 Å². The van der Waals surface area contributed by atoms with Gasteiger partial charge in [0.15, 0.2) is 0 Å². The maximum absolute atomic E-state index is 13.3. The summed E-state index contributed by atoms with van der Waals surface area (Å²) in [5.74, 6) is -1.32. The highest BCUT2D eigenvalue weighted by atomic mass is 19.1. The van der Waals surface area contributed by atoms with E-state index in [1.807, 2.05) is 13.8 Å². The molecular formula is C11H16F2N2. The summed E-state index contributed by atoms with van der Waals surface area (Å²) in [5, 5.41) is 2.99. The van der Waals surface area contributed by atoms with Crippen LogP contribution in [0.15, 0.2) is 12.1 Å². The monoisotopic (exact) mass is 214 g/mol. The van der Waals surface area contributed by atoms with Crippen molar-refractivity contribution in [3.05, 3.63) is 23.8 Å². The molecule has 15 heavy (non-hydrogen) atoms. The minimum Gasteiger partial charge on any atom is -0.396 e. The molecular weight excluding hydrogens is 198 g/mol. The Hall–Kier alpha value is -1.32. The fourth-order valence-corrected chi connectivity index (χ4v) is 1.39. The van der Waals surface area contributed by atoms with Gasteiger partial charge in [-0.3, -0.25) is 0 Å². The van der Waals surface area contributed by atoms with Crippen molar-refractivity contribution in [3.63, 3.8) is 0 Å². The molecule has 0 amide bonds. The molecule has 0 aromatic heterocycles. The van der Waals surface area contributed by atoms with Crippen LogP contribution in [0.2, 0.25) is 0 Å². The summed E-state index contributed by atoms with van der Waals surface area (Å²) < 4.78 is 26.2. The van der Waals surface area contributed by atoms with Crippen LogP contribution in [0.25, 0.3) is 0 Å². The van der Waals surface area contributed by atoms with E-state index in [-0.39, 0.29) is 17.4 Å². The number of nitrogen functional groups attached to an aromatic ring is 1. The lowest BCUT2D eigenvalue weighted by Crippen LogP contribution is -2.18. The van der Waals surface area contributed by atoms with Crippen molar-refractivity contribution in [2.45, 2.75) is 32.7 Å². The summed E-state index contributed by atoms with van der Waals surface area (Å²) in [4.78, 5) is 0. The number of anilines is 2. The van der Waals surface area contributed by atoms with Gasteiger partial charge in [-0.2, -0.15) is 0 Å². The second-order valence-electron chi connectivity index (χ2n) is 3.51. The summed E-state index contributed by atoms with van der Waals surface area (Å²) in [5.41, 5.74) is 5.60. The molecule has 0 spiro atoms. The molecule has 0 radical (unpaired) electrons. The molecule has 0 aliphatic heterocycles. The van der Waals surface area contributed by atoms with E-state index in [4.69, 9.17) is 5.73 Å². The SMILES string of the molecule is CCC(CC)Nc1cc(N)c(F)cc1F. The van der Waals surface area contributed by atoms with Gasteiger partial charge in [0.2, 0.25) is 0 Å². The molecule has 1 rings (SSSR count). The minimum absolute atomic E-state index is 0.0372. The molecule has 0 saturated heterocycles. The normalized spacial score (nSPS) is 10.7. The van der Waals surface area contributed by atoms with Gasteiger partial charge in [0, 0.05) is 12.1 Å². The fraction of sp³-hybridized carbons (Fsp3) is 0.455. The number of hydrogen-bond donors (Lipinski definition) is 2. The van der Waals surface area contributed by atoms with Crippen LogP contribution in [-0.2, 0) is 0 Å². The number of halogens is 2. The summed E-state index contributed by atoms with van der Waals surface area (Å²) in [6.07, 6.45) is 1.76. The maximum Gasteiger partial charge on any atom is 0.149 e. The van der Waals surface area contributed by atoms with Crippen molar-refractivity contribution < 1.29 is 8.78 Å². The second-order valence-corrected chi connectivity index (χ2v) is 3.51. The smallest absolute Gasteiger partial charge is 0.149 e. The number of nitrogens with one attached hydrogen (secondary N) is 1. The van der Waals surface area contributed by atoms with Gasteiger partial charge in [0.25, 0.3) is 0 Å². The van der Waals surface area contributed by atoms with Gasteiger partial charge in [-0.15, -0.1) is 0 Å². The van der Waals surface area contributed by atoms with Gasteiger partial charge in [-0.1, -0.05) is 13.8 Å². The van der Waals surface area contributed by atoms with E-state index in [0.717, 1.165) is 18.9 Å². The number of rotatable bonds is 4. The molecule has 0 aliphatic rings. The van der Waals surface area contributed by atoms with Gasteiger partial charge < -0.3 is 11.1 Å². The third-order valence-electron chi connectivity index (χ3n) is 2.43. The van der Waals surface area contributed by atoms with Gasteiger partial charge in [-0.05, 0) is 18.9 Å². The van der Waals surface area contributed by atoms with Gasteiger partial charge >= 0.3 is 0 Å². The first-order valence-corrected chi connectivity index (χ1v) is 5.09. The van der Waals surface area contributed by atoms with Crippen LogP contribution in [0.4, 0.5) is 20.2 Å². The van der Waals surface area contributed by atoms with Crippen LogP contribution in [-0.4, -0.2) is 6.04 Å². The lowest BCUT2D eigenvalue weighted by molar-refractivity contribution is 0.582. The first-order chi connectivity index (χ1) is 7.08. The van der Waals surface area contributed by atoms with E-state index >= 15 is 0 Å². The third kappa shape index (κ3) is 2.81. The molecule has 0 heterocycles. The molecule has 0 atom stereocenters. The highest BCUT2D eigenvalue weighted by molar-refractivity contribution is 5.56. The Morgan fingerprint density at radius 2 is 1.80 bits per heavy atom. The summed E-state index contributed by atoms with van der Waals surface area (Å²) in [7, 11) is 0. The Balaban J connectivity index is 2.89. The molecule has 0 aliphatic carbocycles. The second kappa shape index (κ2) is 4.96. The van der Waals surface area contributed by atoms with Crippen LogP contribution < -0.4 is 11.1 Å². The van der Waals surface area contributed by atoms with E-state index < -0.39 is 11.6 Å². The average molecular weight is 214 g/mol. The zero-order valence-electron chi connectivity index (χ0n) is 8.98. The molecule has 84 valence electrons. The Bertz CT molecular complexity index is 336. The van der Waals surface area contributed by atoms with Gasteiger partial charge in [0.05, 0.1) is 11.4 Å². The Labute approximate surface area is 88.5 Å². The van der Waals surface area contributed by atoms with Crippen LogP contribution >= 0.6 is 0 Å². The van der Waals surface area contributed by atoms with E-state index in [0.29, 0.717) is 0 Å². The zero-order chi connectivity index (χ0) is 11.4. The van der Waals surface area contributed by atoms with Crippen molar-refractivity contribution in [1.82, 2.24) is 0 Å². The molecule has 4 heteroatoms. The highest BCUT2D eigenvalue weighted by Crippen LogP contribution is 2.22. The number of nitrogens with two attached hydrogens (primary N) is 1. The molecule has 0 saturated carbocycles. The van der Waals surface area contributed by atoms with Crippen molar-refractivity contribution in [1.29, 1.82) is 0 Å². The zero-order valence-corrected chi connectivity index (χ0v) is 8.98. The predicted octanol–water partition coefficient (Wildman–Crippen LogP) is 3.15. The van der Waals surface area contributed by atoms with Crippen LogP contribution in [0.3, 0.4) is 0 Å². The van der Waals surface area contributed by atoms with Gasteiger partial charge in [-0.25, -0.2) is 8.78 Å². The summed E-state index contributed by atoms with van der Waals surface area (Å²) in [6, 6.07) is 2.28. The number of benzene rings is 1. The number of hydrogen-bond acceptors (Lipinski definition) is 2. The Morgan fingerprint density at radius 1 is 1.20 bits per heavy atom. The van der Waals surface area contributed by atoms with Crippen molar-refractivity contribution >= 4 is 11.4 Å². The lowest BCUT2D eigenvalue weighted by Gasteiger charge is -2.17. The highest BCUT2D eigenvalue weighted by Gasteiger charge is 2.10. The molecule has 1 aromatic rings. The maximum atomic E-state index is 13.3. The van der Waals surface area contributed by atoms with E-state index in [1.165, 1.54) is 6.07 Å². The Morgan fingerprint density at radius 3 is 2.33 bits per heavy atom. The molecule has 1 aromatic carbocycles. The summed E-state index contributed by atoms with van der Waals surface area (Å²) in [6.45, 7) is 4.01. The topological polar surface area (TPSA) is 38.0 Å².